The highest BCUT2D eigenvalue weighted by atomic mass is 127. The molecular formula is C10H7F2IN2. The molecule has 0 bridgehead atoms. The number of hydrogen-bond acceptors (Lipinski definition) is 2. The van der Waals surface area contributed by atoms with Crippen molar-refractivity contribution in [2.45, 2.75) is 6.43 Å². The maximum Gasteiger partial charge on any atom is 0.280 e. The van der Waals surface area contributed by atoms with Crippen LogP contribution in [0, 0.1) is 3.57 Å². The minimum absolute atomic E-state index is 0.277. The van der Waals surface area contributed by atoms with E-state index in [0.29, 0.717) is 16.6 Å². The van der Waals surface area contributed by atoms with E-state index < -0.39 is 6.43 Å². The summed E-state index contributed by atoms with van der Waals surface area (Å²) in [6, 6.07) is 6.56. The first kappa shape index (κ1) is 10.5. The fourth-order valence-electron chi connectivity index (χ4n) is 1.36. The van der Waals surface area contributed by atoms with Gasteiger partial charge in [0, 0.05) is 14.6 Å². The van der Waals surface area contributed by atoms with Crippen molar-refractivity contribution >= 4 is 39.2 Å². The van der Waals surface area contributed by atoms with Crippen LogP contribution < -0.4 is 5.73 Å². The third kappa shape index (κ3) is 2.01. The lowest BCUT2D eigenvalue weighted by Gasteiger charge is -2.05. The van der Waals surface area contributed by atoms with Gasteiger partial charge in [-0.3, -0.25) is 0 Å². The fraction of sp³-hybridized carbons (Fsp3) is 0.100. The van der Waals surface area contributed by atoms with Crippen molar-refractivity contribution in [3.63, 3.8) is 0 Å². The minimum atomic E-state index is -2.59. The van der Waals surface area contributed by atoms with E-state index >= 15 is 0 Å². The molecule has 0 aliphatic carbocycles. The van der Waals surface area contributed by atoms with E-state index in [1.165, 1.54) is 6.07 Å². The number of rotatable bonds is 1. The molecule has 2 rings (SSSR count). The number of nitrogens with zero attached hydrogens (tertiary/aromatic N) is 1. The van der Waals surface area contributed by atoms with Gasteiger partial charge in [0.15, 0.2) is 0 Å². The van der Waals surface area contributed by atoms with Crippen molar-refractivity contribution in [3.05, 3.63) is 33.5 Å². The van der Waals surface area contributed by atoms with E-state index in [2.05, 4.69) is 27.6 Å². The Bertz CT molecular complexity index is 514. The number of benzene rings is 1. The van der Waals surface area contributed by atoms with Crippen LogP contribution in [0.15, 0.2) is 24.3 Å². The predicted octanol–water partition coefficient (Wildman–Crippen LogP) is 3.36. The summed E-state index contributed by atoms with van der Waals surface area (Å²) in [5.41, 5.74) is 6.26. The van der Waals surface area contributed by atoms with Gasteiger partial charge in [0.1, 0.15) is 5.69 Å². The Kier molecular flexibility index (Phi) is 2.72. The Morgan fingerprint density at radius 2 is 2.00 bits per heavy atom. The number of hydrogen-bond donors (Lipinski definition) is 1. The van der Waals surface area contributed by atoms with Gasteiger partial charge in [-0.05, 0) is 46.9 Å². The first-order chi connectivity index (χ1) is 7.08. The molecule has 0 aliphatic rings. The molecule has 0 radical (unpaired) electrons. The number of aromatic nitrogens is 1. The molecule has 5 heteroatoms. The molecule has 2 aromatic rings. The number of pyridine rings is 1. The standard InChI is InChI=1S/C10H7F2IN2/c11-10(12)9-4-7(14)6-3-5(13)1-2-8(6)15-9/h1-4,10H,(H2,14,15). The Morgan fingerprint density at radius 3 is 2.67 bits per heavy atom. The van der Waals surface area contributed by atoms with E-state index in [1.54, 1.807) is 6.07 Å². The van der Waals surface area contributed by atoms with Gasteiger partial charge in [-0.25, -0.2) is 13.8 Å². The van der Waals surface area contributed by atoms with Crippen LogP contribution in [0.4, 0.5) is 14.5 Å². The maximum atomic E-state index is 12.4. The lowest BCUT2D eigenvalue weighted by Crippen LogP contribution is -1.96. The molecule has 0 amide bonds. The Hall–Kier alpha value is -0.980. The molecule has 78 valence electrons. The smallest absolute Gasteiger partial charge is 0.280 e. The van der Waals surface area contributed by atoms with Crippen molar-refractivity contribution in [3.8, 4) is 0 Å². The van der Waals surface area contributed by atoms with E-state index in [4.69, 9.17) is 5.73 Å². The molecule has 2 nitrogen and oxygen atoms in total. The highest BCUT2D eigenvalue weighted by Crippen LogP contribution is 2.26. The number of nitrogens with two attached hydrogens (primary N) is 1. The topological polar surface area (TPSA) is 38.9 Å². The highest BCUT2D eigenvalue weighted by Gasteiger charge is 2.11. The Labute approximate surface area is 98.6 Å². The van der Waals surface area contributed by atoms with Crippen LogP contribution in [0.25, 0.3) is 10.9 Å². The quantitative estimate of drug-likeness (QED) is 0.819. The second-order valence-electron chi connectivity index (χ2n) is 3.10. The van der Waals surface area contributed by atoms with Crippen LogP contribution >= 0.6 is 22.6 Å². The SMILES string of the molecule is Nc1cc(C(F)F)nc2ccc(I)cc12. The van der Waals surface area contributed by atoms with Gasteiger partial charge in [0.2, 0.25) is 0 Å². The zero-order chi connectivity index (χ0) is 11.0. The molecule has 0 spiro atoms. The number of anilines is 1. The van der Waals surface area contributed by atoms with Crippen LogP contribution in [0.2, 0.25) is 0 Å². The van der Waals surface area contributed by atoms with Crippen molar-refractivity contribution in [2.75, 3.05) is 5.73 Å². The summed E-state index contributed by atoms with van der Waals surface area (Å²) in [5, 5.41) is 0.714. The van der Waals surface area contributed by atoms with Gasteiger partial charge in [-0.2, -0.15) is 0 Å². The zero-order valence-corrected chi connectivity index (χ0v) is 9.70. The third-order valence-electron chi connectivity index (χ3n) is 2.05. The summed E-state index contributed by atoms with van der Waals surface area (Å²) >= 11 is 2.14. The van der Waals surface area contributed by atoms with Gasteiger partial charge in [-0.15, -0.1) is 0 Å². The normalized spacial score (nSPS) is 11.2. The van der Waals surface area contributed by atoms with Gasteiger partial charge < -0.3 is 5.73 Å². The molecule has 1 heterocycles. The van der Waals surface area contributed by atoms with Crippen molar-refractivity contribution in [1.29, 1.82) is 0 Å². The van der Waals surface area contributed by atoms with E-state index in [-0.39, 0.29) is 5.69 Å². The van der Waals surface area contributed by atoms with Gasteiger partial charge in [0.05, 0.1) is 5.52 Å². The van der Waals surface area contributed by atoms with Crippen LogP contribution in [-0.2, 0) is 0 Å². The van der Waals surface area contributed by atoms with E-state index in [1.807, 2.05) is 12.1 Å². The Morgan fingerprint density at radius 1 is 1.27 bits per heavy atom. The van der Waals surface area contributed by atoms with Crippen LogP contribution in [-0.4, -0.2) is 4.98 Å². The first-order valence-electron chi connectivity index (χ1n) is 4.22. The lowest BCUT2D eigenvalue weighted by atomic mass is 10.1. The maximum absolute atomic E-state index is 12.4. The summed E-state index contributed by atoms with van der Waals surface area (Å²) in [4.78, 5) is 3.84. The summed E-state index contributed by atoms with van der Waals surface area (Å²) in [6.45, 7) is 0. The number of alkyl halides is 2. The Balaban J connectivity index is 2.73. The molecule has 0 atom stereocenters. The fourth-order valence-corrected chi connectivity index (χ4v) is 1.85. The number of halogens is 3. The average Bonchev–Trinajstić information content (AvgIpc) is 2.18. The largest absolute Gasteiger partial charge is 0.398 e. The molecule has 1 aromatic carbocycles. The number of nitrogen functional groups attached to an aromatic ring is 1. The summed E-state index contributed by atoms with van der Waals surface area (Å²) in [6.07, 6.45) is -2.59. The van der Waals surface area contributed by atoms with Gasteiger partial charge >= 0.3 is 0 Å². The molecule has 0 saturated carbocycles. The third-order valence-corrected chi connectivity index (χ3v) is 2.72. The van der Waals surface area contributed by atoms with Crippen molar-refractivity contribution in [2.24, 2.45) is 0 Å². The monoisotopic (exact) mass is 320 g/mol. The first-order valence-corrected chi connectivity index (χ1v) is 5.29. The molecule has 0 saturated heterocycles. The average molecular weight is 320 g/mol. The summed E-state index contributed by atoms with van der Waals surface area (Å²) in [7, 11) is 0. The lowest BCUT2D eigenvalue weighted by molar-refractivity contribution is 0.146. The molecule has 0 unspecified atom stereocenters. The molecule has 2 N–H and O–H groups in total. The minimum Gasteiger partial charge on any atom is -0.398 e. The van der Waals surface area contributed by atoms with Gasteiger partial charge in [0.25, 0.3) is 6.43 Å². The van der Waals surface area contributed by atoms with Crippen LogP contribution in [0.5, 0.6) is 0 Å². The zero-order valence-electron chi connectivity index (χ0n) is 7.55. The molecule has 1 aromatic heterocycles. The molecular weight excluding hydrogens is 313 g/mol. The second kappa shape index (κ2) is 3.88. The van der Waals surface area contributed by atoms with Crippen molar-refractivity contribution in [1.82, 2.24) is 4.98 Å². The van der Waals surface area contributed by atoms with Crippen LogP contribution in [0.3, 0.4) is 0 Å². The molecule has 0 fully saturated rings. The number of fused-ring (bicyclic) bond motifs is 1. The summed E-state index contributed by atoms with van der Waals surface area (Å²) < 4.78 is 25.9. The second-order valence-corrected chi connectivity index (χ2v) is 4.34. The van der Waals surface area contributed by atoms with Crippen LogP contribution in [0.1, 0.15) is 12.1 Å². The molecule has 0 aliphatic heterocycles. The highest BCUT2D eigenvalue weighted by molar-refractivity contribution is 14.1. The van der Waals surface area contributed by atoms with Crippen molar-refractivity contribution < 1.29 is 8.78 Å². The van der Waals surface area contributed by atoms with E-state index in [9.17, 15) is 8.78 Å². The van der Waals surface area contributed by atoms with E-state index in [0.717, 1.165) is 3.57 Å². The predicted molar refractivity (Wildman–Crippen MR) is 63.8 cm³/mol. The summed E-state index contributed by atoms with van der Waals surface area (Å²) in [5.74, 6) is 0. The molecule has 15 heavy (non-hydrogen) atoms. The van der Waals surface area contributed by atoms with Gasteiger partial charge in [-0.1, -0.05) is 0 Å².